The van der Waals surface area contributed by atoms with Gasteiger partial charge in [-0.15, -0.1) is 0 Å². The van der Waals surface area contributed by atoms with E-state index in [0.29, 0.717) is 18.8 Å². The van der Waals surface area contributed by atoms with E-state index in [9.17, 15) is 12.8 Å². The molecule has 0 saturated heterocycles. The van der Waals surface area contributed by atoms with Gasteiger partial charge in [-0.2, -0.15) is 0 Å². The Labute approximate surface area is 124 Å². The number of nitrogens with two attached hydrogens (primary N) is 1. The molecule has 0 saturated carbocycles. The van der Waals surface area contributed by atoms with Gasteiger partial charge in [0.15, 0.2) is 11.6 Å². The number of nitrogen functional groups attached to an aromatic ring is 1. The van der Waals surface area contributed by atoms with Crippen molar-refractivity contribution >= 4 is 21.4 Å². The zero-order valence-corrected chi connectivity index (χ0v) is 13.1. The normalized spacial score (nSPS) is 11.4. The fourth-order valence-electron chi connectivity index (χ4n) is 1.66. The van der Waals surface area contributed by atoms with Gasteiger partial charge in [0.25, 0.3) is 0 Å². The Kier molecular flexibility index (Phi) is 6.70. The lowest BCUT2D eigenvalue weighted by molar-refractivity contribution is 0.301. The standard InChI is InChI=1S/C13H22FN3O3S/c1-3-6-20-13-9-12(11(15)8-10(13)14)16-5-7-21(18,19)17-4-2/h8-9,16-17H,3-7,15H2,1-2H3. The van der Waals surface area contributed by atoms with Gasteiger partial charge >= 0.3 is 0 Å². The predicted octanol–water partition coefficient (Wildman–Crippen LogP) is 1.55. The second kappa shape index (κ2) is 8.04. The minimum absolute atomic E-state index is 0.0944. The van der Waals surface area contributed by atoms with Gasteiger partial charge in [0, 0.05) is 25.2 Å². The molecule has 0 heterocycles. The fraction of sp³-hybridized carbons (Fsp3) is 0.538. The molecular weight excluding hydrogens is 297 g/mol. The van der Waals surface area contributed by atoms with Crippen LogP contribution in [0.15, 0.2) is 12.1 Å². The quantitative estimate of drug-likeness (QED) is 0.600. The lowest BCUT2D eigenvalue weighted by atomic mass is 10.2. The van der Waals surface area contributed by atoms with Crippen LogP contribution in [0.3, 0.4) is 0 Å². The number of hydrogen-bond acceptors (Lipinski definition) is 5. The molecule has 0 aliphatic carbocycles. The van der Waals surface area contributed by atoms with E-state index in [2.05, 4.69) is 10.0 Å². The second-order valence-corrected chi connectivity index (χ2v) is 6.39. The highest BCUT2D eigenvalue weighted by Gasteiger charge is 2.11. The number of sulfonamides is 1. The van der Waals surface area contributed by atoms with Gasteiger partial charge < -0.3 is 15.8 Å². The molecule has 1 rings (SSSR count). The summed E-state index contributed by atoms with van der Waals surface area (Å²) < 4.78 is 44.3. The number of hydrogen-bond donors (Lipinski definition) is 3. The van der Waals surface area contributed by atoms with Crippen LogP contribution in [0, 0.1) is 5.82 Å². The van der Waals surface area contributed by atoms with E-state index in [1.54, 1.807) is 6.92 Å². The lowest BCUT2D eigenvalue weighted by Gasteiger charge is -2.13. The van der Waals surface area contributed by atoms with Crippen molar-refractivity contribution in [2.75, 3.05) is 36.5 Å². The zero-order valence-electron chi connectivity index (χ0n) is 12.3. The van der Waals surface area contributed by atoms with Gasteiger partial charge in [-0.05, 0) is 6.42 Å². The number of benzene rings is 1. The Balaban J connectivity index is 2.70. The molecule has 1 aromatic rings. The van der Waals surface area contributed by atoms with Gasteiger partial charge in [0.2, 0.25) is 10.0 Å². The highest BCUT2D eigenvalue weighted by molar-refractivity contribution is 7.89. The van der Waals surface area contributed by atoms with E-state index in [0.717, 1.165) is 12.5 Å². The fourth-order valence-corrected chi connectivity index (χ4v) is 2.61. The third-order valence-corrected chi connectivity index (χ3v) is 4.09. The molecule has 4 N–H and O–H groups in total. The average molecular weight is 319 g/mol. The summed E-state index contributed by atoms with van der Waals surface area (Å²) in [7, 11) is -3.31. The summed E-state index contributed by atoms with van der Waals surface area (Å²) in [5, 5.41) is 2.88. The van der Waals surface area contributed by atoms with Crippen LogP contribution in [0.5, 0.6) is 5.75 Å². The molecule has 0 unspecified atom stereocenters. The summed E-state index contributed by atoms with van der Waals surface area (Å²) >= 11 is 0. The number of rotatable bonds is 9. The van der Waals surface area contributed by atoms with Crippen molar-refractivity contribution in [1.82, 2.24) is 4.72 Å². The SMILES string of the molecule is CCCOc1cc(NCCS(=O)(=O)NCC)c(N)cc1F. The molecule has 0 aliphatic heterocycles. The molecule has 6 nitrogen and oxygen atoms in total. The molecule has 0 radical (unpaired) electrons. The molecule has 0 fully saturated rings. The van der Waals surface area contributed by atoms with Crippen LogP contribution in [0.2, 0.25) is 0 Å². The monoisotopic (exact) mass is 319 g/mol. The molecule has 0 spiro atoms. The topological polar surface area (TPSA) is 93.4 Å². The summed E-state index contributed by atoms with van der Waals surface area (Å²) in [4.78, 5) is 0. The van der Waals surface area contributed by atoms with E-state index in [4.69, 9.17) is 10.5 Å². The van der Waals surface area contributed by atoms with Gasteiger partial charge in [-0.25, -0.2) is 17.5 Å². The molecule has 120 valence electrons. The van der Waals surface area contributed by atoms with E-state index in [1.807, 2.05) is 6.92 Å². The molecule has 1 aromatic carbocycles. The maximum Gasteiger partial charge on any atom is 0.213 e. The second-order valence-electron chi connectivity index (χ2n) is 4.46. The third-order valence-electron chi connectivity index (χ3n) is 2.62. The number of nitrogens with one attached hydrogen (secondary N) is 2. The van der Waals surface area contributed by atoms with Crippen molar-refractivity contribution < 1.29 is 17.5 Å². The first-order valence-corrected chi connectivity index (χ1v) is 8.47. The first-order chi connectivity index (χ1) is 9.89. The van der Waals surface area contributed by atoms with Crippen LogP contribution in [0.25, 0.3) is 0 Å². The van der Waals surface area contributed by atoms with E-state index >= 15 is 0 Å². The Morgan fingerprint density at radius 3 is 2.67 bits per heavy atom. The molecule has 0 atom stereocenters. The Morgan fingerprint density at radius 2 is 2.05 bits per heavy atom. The van der Waals surface area contributed by atoms with Crippen LogP contribution in [-0.4, -0.2) is 33.9 Å². The molecule has 0 aromatic heterocycles. The predicted molar refractivity (Wildman–Crippen MR) is 82.6 cm³/mol. The van der Waals surface area contributed by atoms with Crippen LogP contribution in [-0.2, 0) is 10.0 Å². The van der Waals surface area contributed by atoms with Gasteiger partial charge in [-0.3, -0.25) is 0 Å². The highest BCUT2D eigenvalue weighted by atomic mass is 32.2. The van der Waals surface area contributed by atoms with Gasteiger partial charge in [0.1, 0.15) is 0 Å². The van der Waals surface area contributed by atoms with E-state index in [1.165, 1.54) is 6.07 Å². The van der Waals surface area contributed by atoms with Gasteiger partial charge in [-0.1, -0.05) is 13.8 Å². The van der Waals surface area contributed by atoms with E-state index < -0.39 is 15.8 Å². The van der Waals surface area contributed by atoms with Gasteiger partial charge in [0.05, 0.1) is 23.7 Å². The minimum Gasteiger partial charge on any atom is -0.490 e. The van der Waals surface area contributed by atoms with Crippen LogP contribution in [0.4, 0.5) is 15.8 Å². The van der Waals surface area contributed by atoms with Crippen molar-refractivity contribution in [1.29, 1.82) is 0 Å². The summed E-state index contributed by atoms with van der Waals surface area (Å²) in [5.74, 6) is -0.530. The summed E-state index contributed by atoms with van der Waals surface area (Å²) in [6, 6.07) is 2.60. The third kappa shape index (κ3) is 5.76. The molecule has 0 aliphatic rings. The van der Waals surface area contributed by atoms with Crippen LogP contribution < -0.4 is 20.5 Å². The zero-order chi connectivity index (χ0) is 15.9. The Morgan fingerprint density at radius 1 is 1.33 bits per heavy atom. The van der Waals surface area contributed by atoms with Crippen molar-refractivity contribution in [3.8, 4) is 5.75 Å². The molecule has 0 bridgehead atoms. The maximum absolute atomic E-state index is 13.6. The van der Waals surface area contributed by atoms with Crippen molar-refractivity contribution in [2.24, 2.45) is 0 Å². The first kappa shape index (κ1) is 17.5. The average Bonchev–Trinajstić information content (AvgIpc) is 2.39. The maximum atomic E-state index is 13.6. The largest absolute Gasteiger partial charge is 0.490 e. The lowest BCUT2D eigenvalue weighted by Crippen LogP contribution is -2.29. The minimum atomic E-state index is -3.31. The summed E-state index contributed by atoms with van der Waals surface area (Å²) in [6.45, 7) is 4.53. The van der Waals surface area contributed by atoms with Crippen LogP contribution >= 0.6 is 0 Å². The Hall–Kier alpha value is -1.54. The smallest absolute Gasteiger partial charge is 0.213 e. The molecule has 0 amide bonds. The first-order valence-electron chi connectivity index (χ1n) is 6.82. The van der Waals surface area contributed by atoms with E-state index in [-0.39, 0.29) is 23.7 Å². The van der Waals surface area contributed by atoms with Crippen molar-refractivity contribution in [2.45, 2.75) is 20.3 Å². The summed E-state index contributed by atoms with van der Waals surface area (Å²) in [6.07, 6.45) is 0.757. The molecule has 21 heavy (non-hydrogen) atoms. The number of anilines is 2. The molecule has 8 heteroatoms. The van der Waals surface area contributed by atoms with Crippen molar-refractivity contribution in [3.63, 3.8) is 0 Å². The number of halogens is 1. The van der Waals surface area contributed by atoms with Crippen molar-refractivity contribution in [3.05, 3.63) is 17.9 Å². The summed E-state index contributed by atoms with van der Waals surface area (Å²) in [5.41, 5.74) is 6.36. The number of ether oxygens (including phenoxy) is 1. The Bertz CT molecular complexity index is 564. The van der Waals surface area contributed by atoms with Crippen LogP contribution in [0.1, 0.15) is 20.3 Å². The molecular formula is C13H22FN3O3S. The highest BCUT2D eigenvalue weighted by Crippen LogP contribution is 2.28.